The van der Waals surface area contributed by atoms with E-state index < -0.39 is 11.6 Å². The zero-order chi connectivity index (χ0) is 14.8. The second-order valence-electron chi connectivity index (χ2n) is 5.28. The number of amides is 1. The van der Waals surface area contributed by atoms with Gasteiger partial charge in [-0.1, -0.05) is 18.2 Å². The lowest BCUT2D eigenvalue weighted by atomic mass is 9.89. The second kappa shape index (κ2) is 5.63. The summed E-state index contributed by atoms with van der Waals surface area (Å²) in [5, 5.41) is 2.80. The van der Waals surface area contributed by atoms with Crippen LogP contribution in [0.3, 0.4) is 0 Å². The lowest BCUT2D eigenvalue weighted by Crippen LogP contribution is -2.54. The molecule has 1 aromatic rings. The molecule has 0 aliphatic carbocycles. The highest BCUT2D eigenvalue weighted by Crippen LogP contribution is 2.28. The Morgan fingerprint density at radius 2 is 2.20 bits per heavy atom. The zero-order valence-corrected chi connectivity index (χ0v) is 11.9. The Hall–Kier alpha value is -1.88. The van der Waals surface area contributed by atoms with Crippen molar-refractivity contribution in [2.24, 2.45) is 0 Å². The molecule has 0 saturated carbocycles. The molecule has 1 heterocycles. The molecular formula is C15H19NO4. The molecule has 1 N–H and O–H groups in total. The van der Waals surface area contributed by atoms with Gasteiger partial charge in [-0.25, -0.2) is 4.79 Å². The maximum Gasteiger partial charge on any atom is 0.339 e. The molecule has 0 spiro atoms. The number of hydrogen-bond donors (Lipinski definition) is 1. The van der Waals surface area contributed by atoms with E-state index in [1.165, 1.54) is 0 Å². The van der Waals surface area contributed by atoms with E-state index >= 15 is 0 Å². The van der Waals surface area contributed by atoms with Gasteiger partial charge in [-0.05, 0) is 25.5 Å². The third-order valence-corrected chi connectivity index (χ3v) is 3.36. The van der Waals surface area contributed by atoms with Gasteiger partial charge >= 0.3 is 5.97 Å². The average molecular weight is 277 g/mol. The first-order chi connectivity index (χ1) is 9.46. The van der Waals surface area contributed by atoms with Crippen LogP contribution in [0.1, 0.15) is 29.8 Å². The number of methoxy groups -OCH3 is 1. The Kier molecular flexibility index (Phi) is 4.09. The number of hydrogen-bond acceptors (Lipinski definition) is 4. The fraction of sp³-hybridized carbons (Fsp3) is 0.467. The van der Waals surface area contributed by atoms with Crippen molar-refractivity contribution in [1.82, 2.24) is 5.32 Å². The predicted molar refractivity (Wildman–Crippen MR) is 73.4 cm³/mol. The monoisotopic (exact) mass is 277 g/mol. The van der Waals surface area contributed by atoms with Crippen LogP contribution < -0.4 is 5.32 Å². The van der Waals surface area contributed by atoms with Crippen LogP contribution in [0.4, 0.5) is 0 Å². The number of benzene rings is 1. The van der Waals surface area contributed by atoms with Gasteiger partial charge in [0.15, 0.2) is 5.60 Å². The van der Waals surface area contributed by atoms with E-state index in [9.17, 15) is 9.59 Å². The Labute approximate surface area is 118 Å². The molecule has 108 valence electrons. The van der Waals surface area contributed by atoms with Gasteiger partial charge in [0, 0.05) is 19.6 Å². The van der Waals surface area contributed by atoms with Crippen LogP contribution in [-0.4, -0.2) is 37.2 Å². The van der Waals surface area contributed by atoms with Gasteiger partial charge in [0.1, 0.15) is 0 Å². The van der Waals surface area contributed by atoms with E-state index in [2.05, 4.69) is 5.32 Å². The number of esters is 1. The summed E-state index contributed by atoms with van der Waals surface area (Å²) in [5.74, 6) is -0.756. The molecule has 0 radical (unpaired) electrons. The highest BCUT2D eigenvalue weighted by atomic mass is 16.6. The molecule has 20 heavy (non-hydrogen) atoms. The number of rotatable bonds is 4. The predicted octanol–water partition coefficient (Wildman–Crippen LogP) is 1.31. The standard InChI is InChI=1S/C15H19NO4/c1-10(9-19-3)16-14(18)15(2)8-11-6-4-5-7-12(11)13(17)20-15/h4-7,10H,8-9H2,1-3H3,(H,16,18). The van der Waals surface area contributed by atoms with Gasteiger partial charge in [0.25, 0.3) is 5.91 Å². The molecule has 0 aromatic heterocycles. The number of carbonyl (C=O) groups excluding carboxylic acids is 2. The van der Waals surface area contributed by atoms with Gasteiger partial charge in [0.05, 0.1) is 12.2 Å². The van der Waals surface area contributed by atoms with Crippen LogP contribution in [0.25, 0.3) is 0 Å². The highest BCUT2D eigenvalue weighted by Gasteiger charge is 2.42. The summed E-state index contributed by atoms with van der Waals surface area (Å²) >= 11 is 0. The quantitative estimate of drug-likeness (QED) is 0.843. The van der Waals surface area contributed by atoms with Crippen molar-refractivity contribution in [2.45, 2.75) is 31.9 Å². The van der Waals surface area contributed by atoms with Crippen molar-refractivity contribution in [2.75, 3.05) is 13.7 Å². The fourth-order valence-electron chi connectivity index (χ4n) is 2.33. The van der Waals surface area contributed by atoms with E-state index in [1.54, 1.807) is 26.2 Å². The van der Waals surface area contributed by atoms with Crippen LogP contribution in [0.2, 0.25) is 0 Å². The molecular weight excluding hydrogens is 258 g/mol. The van der Waals surface area contributed by atoms with E-state index in [4.69, 9.17) is 9.47 Å². The molecule has 1 aliphatic rings. The first-order valence-electron chi connectivity index (χ1n) is 6.57. The van der Waals surface area contributed by atoms with Crippen molar-refractivity contribution in [3.8, 4) is 0 Å². The molecule has 2 atom stereocenters. The number of nitrogens with one attached hydrogen (secondary N) is 1. The van der Waals surface area contributed by atoms with Gasteiger partial charge in [-0.15, -0.1) is 0 Å². The van der Waals surface area contributed by atoms with Gasteiger partial charge in [-0.3, -0.25) is 4.79 Å². The molecule has 1 amide bonds. The zero-order valence-electron chi connectivity index (χ0n) is 11.9. The minimum absolute atomic E-state index is 0.139. The highest BCUT2D eigenvalue weighted by molar-refractivity contribution is 5.97. The second-order valence-corrected chi connectivity index (χ2v) is 5.28. The third kappa shape index (κ3) is 2.82. The van der Waals surface area contributed by atoms with Gasteiger partial charge < -0.3 is 14.8 Å². The van der Waals surface area contributed by atoms with Crippen LogP contribution in [0, 0.1) is 0 Å². The topological polar surface area (TPSA) is 64.6 Å². The third-order valence-electron chi connectivity index (χ3n) is 3.36. The van der Waals surface area contributed by atoms with Crippen molar-refractivity contribution >= 4 is 11.9 Å². The molecule has 0 saturated heterocycles. The molecule has 1 aliphatic heterocycles. The maximum atomic E-state index is 12.3. The largest absolute Gasteiger partial charge is 0.445 e. The van der Waals surface area contributed by atoms with Gasteiger partial charge in [-0.2, -0.15) is 0 Å². The molecule has 1 aromatic carbocycles. The summed E-state index contributed by atoms with van der Waals surface area (Å²) in [6.07, 6.45) is 0.375. The smallest absolute Gasteiger partial charge is 0.339 e. The van der Waals surface area contributed by atoms with E-state index in [1.807, 2.05) is 19.1 Å². The molecule has 0 fully saturated rings. The first-order valence-corrected chi connectivity index (χ1v) is 6.57. The average Bonchev–Trinajstić information content (AvgIpc) is 2.38. The van der Waals surface area contributed by atoms with Crippen molar-refractivity contribution in [3.63, 3.8) is 0 Å². The number of fused-ring (bicyclic) bond motifs is 1. The van der Waals surface area contributed by atoms with Crippen molar-refractivity contribution in [1.29, 1.82) is 0 Å². The molecule has 2 rings (SSSR count). The molecule has 5 heteroatoms. The van der Waals surface area contributed by atoms with Crippen LogP contribution >= 0.6 is 0 Å². The minimum atomic E-state index is -1.17. The molecule has 0 bridgehead atoms. The van der Waals surface area contributed by atoms with Gasteiger partial charge in [0.2, 0.25) is 0 Å². The Bertz CT molecular complexity index is 528. The maximum absolute atomic E-state index is 12.3. The lowest BCUT2D eigenvalue weighted by molar-refractivity contribution is -0.140. The normalized spacial score (nSPS) is 22.6. The number of cyclic esters (lactones) is 1. The SMILES string of the molecule is COCC(C)NC(=O)C1(C)Cc2ccccc2C(=O)O1. The first kappa shape index (κ1) is 14.5. The summed E-state index contributed by atoms with van der Waals surface area (Å²) < 4.78 is 10.3. The summed E-state index contributed by atoms with van der Waals surface area (Å²) in [6.45, 7) is 3.88. The van der Waals surface area contributed by atoms with Crippen LogP contribution in [-0.2, 0) is 20.7 Å². The summed E-state index contributed by atoms with van der Waals surface area (Å²) in [4.78, 5) is 24.3. The molecule has 2 unspecified atom stereocenters. The number of ether oxygens (including phenoxy) is 2. The Morgan fingerprint density at radius 1 is 1.50 bits per heavy atom. The van der Waals surface area contributed by atoms with E-state index in [-0.39, 0.29) is 11.9 Å². The minimum Gasteiger partial charge on any atom is -0.445 e. The van der Waals surface area contributed by atoms with Crippen molar-refractivity contribution < 1.29 is 19.1 Å². The summed E-state index contributed by atoms with van der Waals surface area (Å²) in [6, 6.07) is 7.05. The van der Waals surface area contributed by atoms with Crippen LogP contribution in [0.5, 0.6) is 0 Å². The Balaban J connectivity index is 2.16. The summed E-state index contributed by atoms with van der Waals surface area (Å²) in [5.41, 5.74) is 0.191. The number of carbonyl (C=O) groups is 2. The van der Waals surface area contributed by atoms with E-state index in [0.717, 1.165) is 5.56 Å². The van der Waals surface area contributed by atoms with E-state index in [0.29, 0.717) is 18.6 Å². The Morgan fingerprint density at radius 3 is 2.90 bits per heavy atom. The lowest BCUT2D eigenvalue weighted by Gasteiger charge is -2.33. The molecule has 5 nitrogen and oxygen atoms in total. The van der Waals surface area contributed by atoms with Crippen molar-refractivity contribution in [3.05, 3.63) is 35.4 Å². The fourth-order valence-corrected chi connectivity index (χ4v) is 2.33. The summed E-state index contributed by atoms with van der Waals surface area (Å²) in [7, 11) is 1.57. The van der Waals surface area contributed by atoms with Crippen LogP contribution in [0.15, 0.2) is 24.3 Å².